The summed E-state index contributed by atoms with van der Waals surface area (Å²) >= 11 is 14.8. The number of nitrogens with two attached hydrogens (primary N) is 2. The lowest BCUT2D eigenvalue weighted by atomic mass is 10.1. The average molecular weight is 628 g/mol. The lowest BCUT2D eigenvalue weighted by Crippen LogP contribution is -2.22. The number of ketones is 2. The van der Waals surface area contributed by atoms with Gasteiger partial charge in [-0.3, -0.25) is 9.59 Å². The number of alkyl halides is 1. The highest BCUT2D eigenvalue weighted by Gasteiger charge is 2.15. The van der Waals surface area contributed by atoms with Crippen LogP contribution >= 0.6 is 39.1 Å². The molecule has 0 spiro atoms. The van der Waals surface area contributed by atoms with Gasteiger partial charge in [0.1, 0.15) is 28.2 Å². The Balaban J connectivity index is 0.000000586. The predicted molar refractivity (Wildman–Crippen MR) is 148 cm³/mol. The zero-order valence-corrected chi connectivity index (χ0v) is 24.6. The fourth-order valence-electron chi connectivity index (χ4n) is 2.49. The molecule has 0 aliphatic carbocycles. The van der Waals surface area contributed by atoms with Crippen molar-refractivity contribution in [3.8, 4) is 11.5 Å². The van der Waals surface area contributed by atoms with Crippen LogP contribution in [-0.4, -0.2) is 69.6 Å². The van der Waals surface area contributed by atoms with Gasteiger partial charge in [-0.15, -0.1) is 0 Å². The van der Waals surface area contributed by atoms with Crippen molar-refractivity contribution >= 4 is 62.1 Å². The Morgan fingerprint density at radius 2 is 1.27 bits per heavy atom. The summed E-state index contributed by atoms with van der Waals surface area (Å²) in [4.78, 5) is 22.2. The summed E-state index contributed by atoms with van der Waals surface area (Å²) in [5.41, 5.74) is 12.3. The van der Waals surface area contributed by atoms with Crippen molar-refractivity contribution in [2.45, 2.75) is 26.4 Å². The fraction of sp³-hybridized carbons (Fsp3) is 0.417. The van der Waals surface area contributed by atoms with E-state index in [1.807, 2.05) is 0 Å². The molecule has 0 unspecified atom stereocenters. The zero-order valence-electron chi connectivity index (χ0n) is 21.5. The molecule has 0 aliphatic heterocycles. The van der Waals surface area contributed by atoms with Crippen LogP contribution in [0.1, 0.15) is 34.6 Å². The maximum absolute atomic E-state index is 11.3. The van der Waals surface area contributed by atoms with Crippen LogP contribution in [0.4, 0.5) is 11.4 Å². The topological polar surface area (TPSA) is 153 Å². The third-order valence-electron chi connectivity index (χ3n) is 4.61. The van der Waals surface area contributed by atoms with Gasteiger partial charge in [0.2, 0.25) is 0 Å². The van der Waals surface area contributed by atoms with Gasteiger partial charge >= 0.3 is 0 Å². The summed E-state index contributed by atoms with van der Waals surface area (Å²) in [6.07, 6.45) is -0.588. The normalized spacial score (nSPS) is 10.4. The van der Waals surface area contributed by atoms with E-state index >= 15 is 0 Å². The molecule has 13 heteroatoms. The van der Waals surface area contributed by atoms with Crippen molar-refractivity contribution in [3.63, 3.8) is 0 Å². The van der Waals surface area contributed by atoms with Gasteiger partial charge in [0.15, 0.2) is 24.1 Å². The van der Waals surface area contributed by atoms with Gasteiger partial charge < -0.3 is 40.3 Å². The molecule has 0 atom stereocenters. The number of carbonyl (C=O) groups excluding carboxylic acids is 2. The van der Waals surface area contributed by atoms with E-state index in [0.29, 0.717) is 16.9 Å². The van der Waals surface area contributed by atoms with E-state index in [9.17, 15) is 9.59 Å². The molecule has 0 aromatic heterocycles. The molecule has 0 saturated carbocycles. The van der Waals surface area contributed by atoms with Gasteiger partial charge in [0, 0.05) is 39.6 Å². The minimum absolute atomic E-state index is 0.0303. The van der Waals surface area contributed by atoms with E-state index in [0.717, 1.165) is 5.33 Å². The molecular formula is C24H33BrCl2N2O8. The highest BCUT2D eigenvalue weighted by atomic mass is 79.9. The number of hydrogen-bond donors (Lipinski definition) is 3. The molecule has 0 saturated heterocycles. The fourth-order valence-corrected chi connectivity index (χ4v) is 3.40. The number of Topliss-reactive ketones (excluding diaryl/α,β-unsaturated/α-hetero) is 2. The summed E-state index contributed by atoms with van der Waals surface area (Å²) < 4.78 is 24.9. The first-order chi connectivity index (χ1) is 17.4. The van der Waals surface area contributed by atoms with Crippen LogP contribution in [-0.2, 0) is 18.9 Å². The van der Waals surface area contributed by atoms with Crippen molar-refractivity contribution < 1.29 is 38.4 Å². The third kappa shape index (κ3) is 11.4. The minimum atomic E-state index is -0.491. The van der Waals surface area contributed by atoms with Gasteiger partial charge in [-0.25, -0.2) is 0 Å². The van der Waals surface area contributed by atoms with Crippen molar-refractivity contribution in [1.82, 2.24) is 0 Å². The van der Waals surface area contributed by atoms with Crippen molar-refractivity contribution in [1.29, 1.82) is 0 Å². The van der Waals surface area contributed by atoms with Gasteiger partial charge in [0.25, 0.3) is 0 Å². The molecule has 5 N–H and O–H groups in total. The zero-order chi connectivity index (χ0) is 28.7. The van der Waals surface area contributed by atoms with Crippen LogP contribution in [0.2, 0.25) is 10.0 Å². The second-order valence-corrected chi connectivity index (χ2v) is 8.48. The van der Waals surface area contributed by atoms with E-state index in [4.69, 9.17) is 63.5 Å². The molecule has 0 amide bonds. The Bertz CT molecular complexity index is 1010. The average Bonchev–Trinajstić information content (AvgIpc) is 2.87. The number of aromatic hydroxyl groups is 1. The Kier molecular flexibility index (Phi) is 17.1. The molecule has 0 bridgehead atoms. The SMILES string of the molecule is CC(=O)c1ccc(O)c(Cl)c1N.COC(CBr)OC.COC(COc1ccc(C(C)=O)c(N)c1Cl)OC. The van der Waals surface area contributed by atoms with Crippen molar-refractivity contribution in [3.05, 3.63) is 45.4 Å². The summed E-state index contributed by atoms with van der Waals surface area (Å²) in [5, 5.41) is 10.1. The van der Waals surface area contributed by atoms with Crippen LogP contribution in [0, 0.1) is 0 Å². The molecule has 37 heavy (non-hydrogen) atoms. The Hall–Kier alpha value is -2.12. The molecule has 208 valence electrons. The Labute approximate surface area is 235 Å². The van der Waals surface area contributed by atoms with E-state index in [1.165, 1.54) is 40.2 Å². The van der Waals surface area contributed by atoms with Crippen LogP contribution in [0.15, 0.2) is 24.3 Å². The number of benzene rings is 2. The first-order valence-corrected chi connectivity index (χ1v) is 12.4. The number of hydrogen-bond acceptors (Lipinski definition) is 10. The van der Waals surface area contributed by atoms with E-state index < -0.39 is 6.29 Å². The number of nitrogen functional groups attached to an aromatic ring is 2. The predicted octanol–water partition coefficient (Wildman–Crippen LogP) is 4.95. The van der Waals surface area contributed by atoms with Crippen LogP contribution < -0.4 is 16.2 Å². The van der Waals surface area contributed by atoms with E-state index in [-0.39, 0.29) is 51.6 Å². The number of phenols is 1. The molecule has 10 nitrogen and oxygen atoms in total. The number of halogens is 3. The highest BCUT2D eigenvalue weighted by Crippen LogP contribution is 2.33. The number of methoxy groups -OCH3 is 4. The molecule has 2 aromatic carbocycles. The van der Waals surface area contributed by atoms with Gasteiger partial charge in [0.05, 0.1) is 16.7 Å². The van der Waals surface area contributed by atoms with Crippen LogP contribution in [0.5, 0.6) is 11.5 Å². The lowest BCUT2D eigenvalue weighted by Gasteiger charge is -2.16. The molecule has 0 radical (unpaired) electrons. The number of carbonyl (C=O) groups is 2. The monoisotopic (exact) mass is 626 g/mol. The highest BCUT2D eigenvalue weighted by molar-refractivity contribution is 9.09. The summed E-state index contributed by atoms with van der Waals surface area (Å²) in [5.74, 6) is -0.0422. The van der Waals surface area contributed by atoms with Crippen LogP contribution in [0.3, 0.4) is 0 Å². The Morgan fingerprint density at radius 1 is 0.838 bits per heavy atom. The maximum atomic E-state index is 11.3. The molecule has 2 aromatic rings. The van der Waals surface area contributed by atoms with Crippen LogP contribution in [0.25, 0.3) is 0 Å². The van der Waals surface area contributed by atoms with E-state index in [2.05, 4.69) is 15.9 Å². The summed E-state index contributed by atoms with van der Waals surface area (Å²) in [6.45, 7) is 2.99. The summed E-state index contributed by atoms with van der Waals surface area (Å²) in [7, 11) is 6.23. The second kappa shape index (κ2) is 18.2. The first kappa shape index (κ1) is 34.9. The van der Waals surface area contributed by atoms with Gasteiger partial charge in [-0.1, -0.05) is 39.1 Å². The molecular weight excluding hydrogens is 595 g/mol. The number of ether oxygens (including phenoxy) is 5. The molecule has 0 heterocycles. The largest absolute Gasteiger partial charge is 0.506 e. The number of rotatable bonds is 10. The van der Waals surface area contributed by atoms with Gasteiger partial charge in [-0.2, -0.15) is 0 Å². The molecule has 0 fully saturated rings. The van der Waals surface area contributed by atoms with Crippen molar-refractivity contribution in [2.75, 3.05) is 51.8 Å². The third-order valence-corrected chi connectivity index (χ3v) is 5.93. The van der Waals surface area contributed by atoms with E-state index in [1.54, 1.807) is 26.4 Å². The number of phenolic OH excluding ortho intramolecular Hbond substituents is 1. The quantitative estimate of drug-likeness (QED) is 0.143. The van der Waals surface area contributed by atoms with Crippen molar-refractivity contribution in [2.24, 2.45) is 0 Å². The summed E-state index contributed by atoms with van der Waals surface area (Å²) in [6, 6.07) is 5.96. The second-order valence-electron chi connectivity index (χ2n) is 7.08. The smallest absolute Gasteiger partial charge is 0.191 e. The molecule has 2 rings (SSSR count). The minimum Gasteiger partial charge on any atom is -0.506 e. The maximum Gasteiger partial charge on any atom is 0.191 e. The standard InChI is InChI=1S/C12H16ClNO4.C8H8ClNO2.C4H9BrO2/c1-7(15)8-4-5-9(11(13)12(8)14)18-6-10(16-2)17-3;1-4(11)5-2-3-6(12)7(9)8(5)10;1-6-4(3-5)7-2/h4-5,10H,6,14H2,1-3H3;2-3,12H,10H2,1H3;4H,3H2,1-2H3. The Morgan fingerprint density at radius 3 is 1.65 bits per heavy atom. The first-order valence-electron chi connectivity index (χ1n) is 10.6. The number of anilines is 2. The van der Waals surface area contributed by atoms with Gasteiger partial charge in [-0.05, 0) is 38.1 Å². The molecule has 0 aliphatic rings. The lowest BCUT2D eigenvalue weighted by molar-refractivity contribution is -0.121.